The molecule has 1 aromatic carbocycles. The number of guanidine groups is 1. The Hall–Kier alpha value is -1.55. The number of carbonyl (C=O) groups excluding carboxylic acids is 1. The van der Waals surface area contributed by atoms with Gasteiger partial charge < -0.3 is 5.32 Å². The van der Waals surface area contributed by atoms with E-state index in [1.54, 1.807) is 31.3 Å². The minimum atomic E-state index is -0.225. The van der Waals surface area contributed by atoms with Gasteiger partial charge >= 0.3 is 0 Å². The lowest BCUT2D eigenvalue weighted by atomic mass is 10.1. The van der Waals surface area contributed by atoms with Crippen LogP contribution in [0.3, 0.4) is 0 Å². The Kier molecular flexibility index (Phi) is 4.12. The van der Waals surface area contributed by atoms with E-state index < -0.39 is 0 Å². The van der Waals surface area contributed by atoms with Gasteiger partial charge in [-0.05, 0) is 17.7 Å². The molecular weight excluding hydrogens is 214 g/mol. The molecule has 0 heterocycles. The molecule has 0 aliphatic rings. The van der Waals surface area contributed by atoms with Crippen LogP contribution in [0.5, 0.6) is 0 Å². The van der Waals surface area contributed by atoms with Crippen LogP contribution < -0.4 is 10.6 Å². The van der Waals surface area contributed by atoms with Crippen molar-refractivity contribution in [3.05, 3.63) is 34.9 Å². The summed E-state index contributed by atoms with van der Waals surface area (Å²) in [5.74, 6) is -0.231. The van der Waals surface area contributed by atoms with Crippen molar-refractivity contribution in [3.63, 3.8) is 0 Å². The van der Waals surface area contributed by atoms with Gasteiger partial charge in [0.05, 0.1) is 6.42 Å². The van der Waals surface area contributed by atoms with Gasteiger partial charge in [0.15, 0.2) is 5.96 Å². The minimum Gasteiger partial charge on any atom is -0.359 e. The molecule has 0 aliphatic carbocycles. The number of carbonyl (C=O) groups is 1. The second kappa shape index (κ2) is 5.36. The molecular formula is C10H12ClN3O. The van der Waals surface area contributed by atoms with E-state index in [0.717, 1.165) is 5.56 Å². The van der Waals surface area contributed by atoms with Crippen molar-refractivity contribution < 1.29 is 4.79 Å². The van der Waals surface area contributed by atoms with E-state index in [-0.39, 0.29) is 18.3 Å². The average Bonchev–Trinajstić information content (AvgIpc) is 2.21. The van der Waals surface area contributed by atoms with Crippen LogP contribution in [0.2, 0.25) is 5.02 Å². The van der Waals surface area contributed by atoms with E-state index in [2.05, 4.69) is 10.6 Å². The fraction of sp³-hybridized carbons (Fsp3) is 0.200. The summed E-state index contributed by atoms with van der Waals surface area (Å²) < 4.78 is 0. The maximum atomic E-state index is 11.3. The summed E-state index contributed by atoms with van der Waals surface area (Å²) >= 11 is 5.71. The average molecular weight is 226 g/mol. The SMILES string of the molecule is CNC(=N)NC(=O)Cc1ccc(Cl)cc1. The summed E-state index contributed by atoms with van der Waals surface area (Å²) in [7, 11) is 1.57. The summed E-state index contributed by atoms with van der Waals surface area (Å²) in [6, 6.07) is 7.02. The highest BCUT2D eigenvalue weighted by molar-refractivity contribution is 6.30. The predicted octanol–water partition coefficient (Wildman–Crippen LogP) is 1.15. The molecule has 0 spiro atoms. The Bertz CT molecular complexity index is 361. The Morgan fingerprint density at radius 1 is 1.40 bits per heavy atom. The molecule has 3 N–H and O–H groups in total. The second-order valence-electron chi connectivity index (χ2n) is 2.98. The maximum absolute atomic E-state index is 11.3. The van der Waals surface area contributed by atoms with E-state index in [9.17, 15) is 4.79 Å². The van der Waals surface area contributed by atoms with Crippen molar-refractivity contribution in [2.24, 2.45) is 0 Å². The molecule has 1 amide bonds. The lowest BCUT2D eigenvalue weighted by Gasteiger charge is -2.05. The van der Waals surface area contributed by atoms with Gasteiger partial charge in [0.25, 0.3) is 0 Å². The first-order chi connectivity index (χ1) is 7.11. The van der Waals surface area contributed by atoms with E-state index in [0.29, 0.717) is 5.02 Å². The number of nitrogens with one attached hydrogen (secondary N) is 3. The normalized spacial score (nSPS) is 9.47. The first-order valence-corrected chi connectivity index (χ1v) is 4.80. The van der Waals surface area contributed by atoms with Gasteiger partial charge in [-0.1, -0.05) is 23.7 Å². The Morgan fingerprint density at radius 3 is 2.53 bits per heavy atom. The third-order valence-electron chi connectivity index (χ3n) is 1.79. The van der Waals surface area contributed by atoms with Crippen LogP contribution in [-0.2, 0) is 11.2 Å². The number of hydrogen-bond acceptors (Lipinski definition) is 2. The zero-order valence-corrected chi connectivity index (χ0v) is 9.06. The van der Waals surface area contributed by atoms with E-state index in [4.69, 9.17) is 17.0 Å². The van der Waals surface area contributed by atoms with Gasteiger partial charge in [-0.25, -0.2) is 0 Å². The van der Waals surface area contributed by atoms with E-state index in [1.165, 1.54) is 0 Å². The smallest absolute Gasteiger partial charge is 0.231 e. The third-order valence-corrected chi connectivity index (χ3v) is 2.04. The summed E-state index contributed by atoms with van der Waals surface area (Å²) in [5.41, 5.74) is 0.862. The van der Waals surface area contributed by atoms with Gasteiger partial charge in [-0.15, -0.1) is 0 Å². The third kappa shape index (κ3) is 3.99. The molecule has 15 heavy (non-hydrogen) atoms. The van der Waals surface area contributed by atoms with Crippen LogP contribution in [0.4, 0.5) is 0 Å². The quantitative estimate of drug-likeness (QED) is 0.522. The largest absolute Gasteiger partial charge is 0.359 e. The number of halogens is 1. The van der Waals surface area contributed by atoms with Gasteiger partial charge in [0.2, 0.25) is 5.91 Å². The van der Waals surface area contributed by atoms with Crippen molar-refractivity contribution in [2.45, 2.75) is 6.42 Å². The Morgan fingerprint density at radius 2 is 2.00 bits per heavy atom. The second-order valence-corrected chi connectivity index (χ2v) is 3.41. The summed E-state index contributed by atoms with van der Waals surface area (Å²) in [6.07, 6.45) is 0.237. The molecule has 0 fully saturated rings. The maximum Gasteiger partial charge on any atom is 0.231 e. The lowest BCUT2D eigenvalue weighted by molar-refractivity contribution is -0.119. The molecule has 0 atom stereocenters. The fourth-order valence-electron chi connectivity index (χ4n) is 1.03. The van der Waals surface area contributed by atoms with Crippen LogP contribution in [0.25, 0.3) is 0 Å². The highest BCUT2D eigenvalue weighted by Crippen LogP contribution is 2.09. The van der Waals surface area contributed by atoms with Gasteiger partial charge in [-0.3, -0.25) is 15.5 Å². The summed E-state index contributed by atoms with van der Waals surface area (Å²) in [5, 5.41) is 12.8. The van der Waals surface area contributed by atoms with Crippen LogP contribution in [0.15, 0.2) is 24.3 Å². The molecule has 0 bridgehead atoms. The first-order valence-electron chi connectivity index (χ1n) is 4.42. The number of hydrogen-bond donors (Lipinski definition) is 3. The Balaban J connectivity index is 2.51. The highest BCUT2D eigenvalue weighted by Gasteiger charge is 2.04. The van der Waals surface area contributed by atoms with Gasteiger partial charge in [0.1, 0.15) is 0 Å². The predicted molar refractivity (Wildman–Crippen MR) is 60.1 cm³/mol. The molecule has 80 valence electrons. The van der Waals surface area contributed by atoms with Crippen LogP contribution in [0.1, 0.15) is 5.56 Å². The van der Waals surface area contributed by atoms with E-state index >= 15 is 0 Å². The van der Waals surface area contributed by atoms with Crippen molar-refractivity contribution >= 4 is 23.5 Å². The first kappa shape index (κ1) is 11.5. The van der Waals surface area contributed by atoms with Crippen molar-refractivity contribution in [2.75, 3.05) is 7.05 Å². The van der Waals surface area contributed by atoms with Crippen LogP contribution in [-0.4, -0.2) is 18.9 Å². The molecule has 4 nitrogen and oxygen atoms in total. The molecule has 0 unspecified atom stereocenters. The summed E-state index contributed by atoms with van der Waals surface area (Å²) in [4.78, 5) is 11.3. The topological polar surface area (TPSA) is 65.0 Å². The lowest BCUT2D eigenvalue weighted by Crippen LogP contribution is -2.38. The molecule has 0 saturated heterocycles. The number of rotatable bonds is 2. The van der Waals surface area contributed by atoms with Gasteiger partial charge in [-0.2, -0.15) is 0 Å². The minimum absolute atomic E-state index is 0.00559. The molecule has 0 saturated carbocycles. The zero-order valence-electron chi connectivity index (χ0n) is 8.30. The zero-order chi connectivity index (χ0) is 11.3. The van der Waals surface area contributed by atoms with Crippen molar-refractivity contribution in [1.82, 2.24) is 10.6 Å². The van der Waals surface area contributed by atoms with Crippen LogP contribution >= 0.6 is 11.6 Å². The summed E-state index contributed by atoms with van der Waals surface area (Å²) in [6.45, 7) is 0. The standard InChI is InChI=1S/C10H12ClN3O/c1-13-10(12)14-9(15)6-7-2-4-8(11)5-3-7/h2-5H,6H2,1H3,(H3,12,13,14,15). The monoisotopic (exact) mass is 225 g/mol. The molecule has 0 radical (unpaired) electrons. The Labute approximate surface area is 93.1 Å². The fourth-order valence-corrected chi connectivity index (χ4v) is 1.16. The highest BCUT2D eigenvalue weighted by atomic mass is 35.5. The van der Waals surface area contributed by atoms with E-state index in [1.807, 2.05) is 0 Å². The van der Waals surface area contributed by atoms with Crippen molar-refractivity contribution in [1.29, 1.82) is 5.41 Å². The molecule has 0 aromatic heterocycles. The molecule has 1 aromatic rings. The van der Waals surface area contributed by atoms with Crippen LogP contribution in [0, 0.1) is 5.41 Å². The molecule has 5 heteroatoms. The van der Waals surface area contributed by atoms with Crippen molar-refractivity contribution in [3.8, 4) is 0 Å². The molecule has 0 aliphatic heterocycles. The van der Waals surface area contributed by atoms with Gasteiger partial charge in [0, 0.05) is 12.1 Å². The number of amides is 1. The molecule has 1 rings (SSSR count). The number of benzene rings is 1.